The lowest BCUT2D eigenvalue weighted by Gasteiger charge is -2.38. The molecular weight excluding hydrogens is 420 g/mol. The molecule has 7 heteroatoms. The minimum atomic E-state index is -0.899. The molecule has 0 spiro atoms. The molecule has 0 unspecified atom stereocenters. The number of nitrogens with one attached hydrogen (secondary N) is 1. The van der Waals surface area contributed by atoms with Gasteiger partial charge in [0.05, 0.1) is 18.8 Å². The summed E-state index contributed by atoms with van der Waals surface area (Å²) < 4.78 is 10.6. The van der Waals surface area contributed by atoms with E-state index in [1.165, 1.54) is 7.11 Å². The Morgan fingerprint density at radius 2 is 1.85 bits per heavy atom. The van der Waals surface area contributed by atoms with Crippen molar-refractivity contribution < 1.29 is 23.9 Å². The third-order valence-electron chi connectivity index (χ3n) is 6.59. The van der Waals surface area contributed by atoms with Crippen molar-refractivity contribution >= 4 is 23.4 Å². The number of ketones is 1. The molecule has 3 rings (SSSR count). The highest BCUT2D eigenvalue weighted by atomic mass is 16.5. The topological polar surface area (TPSA) is 84.9 Å². The van der Waals surface area contributed by atoms with Crippen LogP contribution in [0, 0.1) is 11.8 Å². The van der Waals surface area contributed by atoms with Gasteiger partial charge in [0.1, 0.15) is 5.92 Å². The molecule has 7 nitrogen and oxygen atoms in total. The van der Waals surface area contributed by atoms with Crippen LogP contribution in [0.4, 0.5) is 5.69 Å². The van der Waals surface area contributed by atoms with E-state index in [1.54, 1.807) is 0 Å². The number of hydrogen-bond donors (Lipinski definition) is 1. The number of esters is 2. The van der Waals surface area contributed by atoms with Gasteiger partial charge in [-0.25, -0.2) is 4.79 Å². The number of ether oxygens (including phenoxy) is 2. The third-order valence-corrected chi connectivity index (χ3v) is 6.59. The van der Waals surface area contributed by atoms with Crippen molar-refractivity contribution in [1.82, 2.24) is 5.32 Å². The largest absolute Gasteiger partial charge is 0.468 e. The molecule has 0 saturated heterocycles. The van der Waals surface area contributed by atoms with E-state index >= 15 is 0 Å². The molecule has 0 radical (unpaired) electrons. The first-order valence-electron chi connectivity index (χ1n) is 11.4. The van der Waals surface area contributed by atoms with Crippen LogP contribution in [0.1, 0.15) is 52.0 Å². The van der Waals surface area contributed by atoms with Gasteiger partial charge in [-0.1, -0.05) is 26.0 Å². The first kappa shape index (κ1) is 24.6. The van der Waals surface area contributed by atoms with Crippen molar-refractivity contribution in [2.75, 3.05) is 26.1 Å². The molecule has 0 fully saturated rings. The second kappa shape index (κ2) is 9.81. The minimum Gasteiger partial charge on any atom is -0.468 e. The Bertz CT molecular complexity index is 1010. The van der Waals surface area contributed by atoms with Crippen LogP contribution in [0.5, 0.6) is 0 Å². The van der Waals surface area contributed by atoms with Crippen molar-refractivity contribution in [3.05, 3.63) is 52.4 Å². The summed E-state index contributed by atoms with van der Waals surface area (Å²) in [6.07, 6.45) is 0.940. The Hall–Kier alpha value is -3.09. The van der Waals surface area contributed by atoms with Crippen LogP contribution in [0.15, 0.2) is 46.8 Å². The molecule has 1 aliphatic carbocycles. The maximum absolute atomic E-state index is 13.7. The standard InChI is InChI=1S/C26H34N2O5/c1-8-15(3)33-26(31)21-16(4)27-19-13-14(2)20(25(30)32-7)24(29)23(19)22(21)17-9-11-18(12-10-17)28(5)6/h9-12,14-15,20,22,27H,8,13H2,1-7H3/t14-,15+,20-,22+/m0/s1. The summed E-state index contributed by atoms with van der Waals surface area (Å²) in [7, 11) is 5.19. The van der Waals surface area contributed by atoms with Crippen LogP contribution in [0.3, 0.4) is 0 Å². The first-order chi connectivity index (χ1) is 15.6. The first-order valence-corrected chi connectivity index (χ1v) is 11.4. The summed E-state index contributed by atoms with van der Waals surface area (Å²) >= 11 is 0. The van der Waals surface area contributed by atoms with Crippen molar-refractivity contribution in [2.45, 2.75) is 52.6 Å². The summed E-state index contributed by atoms with van der Waals surface area (Å²) in [6, 6.07) is 7.77. The normalized spacial score (nSPS) is 23.5. The Morgan fingerprint density at radius 1 is 1.21 bits per heavy atom. The molecule has 4 atom stereocenters. The summed E-state index contributed by atoms with van der Waals surface area (Å²) in [5, 5.41) is 3.29. The third kappa shape index (κ3) is 4.68. The molecule has 1 heterocycles. The van der Waals surface area contributed by atoms with Gasteiger partial charge in [0.25, 0.3) is 0 Å². The molecule has 1 aliphatic heterocycles. The highest BCUT2D eigenvalue weighted by Crippen LogP contribution is 2.45. The SMILES string of the molecule is CC[C@@H](C)OC(=O)C1=C(C)NC2=C(C(=O)[C@@H](C(=O)OC)[C@@H](C)C2)[C@@H]1c1ccc(N(C)C)cc1. The summed E-state index contributed by atoms with van der Waals surface area (Å²) in [4.78, 5) is 41.5. The molecule has 178 valence electrons. The van der Waals surface area contributed by atoms with E-state index in [-0.39, 0.29) is 17.8 Å². The quantitative estimate of drug-likeness (QED) is 0.518. The lowest BCUT2D eigenvalue weighted by atomic mass is 9.69. The monoisotopic (exact) mass is 454 g/mol. The van der Waals surface area contributed by atoms with E-state index in [1.807, 2.05) is 71.0 Å². The van der Waals surface area contributed by atoms with E-state index < -0.39 is 23.8 Å². The number of benzene rings is 1. The number of anilines is 1. The van der Waals surface area contributed by atoms with Crippen LogP contribution in [-0.4, -0.2) is 45.0 Å². The van der Waals surface area contributed by atoms with Gasteiger partial charge in [0.15, 0.2) is 5.78 Å². The number of carbonyl (C=O) groups is 3. The fourth-order valence-corrected chi connectivity index (χ4v) is 4.58. The maximum Gasteiger partial charge on any atom is 0.337 e. The van der Waals surface area contributed by atoms with Gasteiger partial charge >= 0.3 is 11.9 Å². The predicted octanol–water partition coefficient (Wildman–Crippen LogP) is 3.71. The van der Waals surface area contributed by atoms with E-state index in [0.29, 0.717) is 29.7 Å². The lowest BCUT2D eigenvalue weighted by Crippen LogP contribution is -2.43. The highest BCUT2D eigenvalue weighted by molar-refractivity contribution is 6.12. The fourth-order valence-electron chi connectivity index (χ4n) is 4.58. The molecule has 0 amide bonds. The molecule has 33 heavy (non-hydrogen) atoms. The van der Waals surface area contributed by atoms with Crippen molar-refractivity contribution in [3.8, 4) is 0 Å². The van der Waals surface area contributed by atoms with Crippen LogP contribution in [-0.2, 0) is 23.9 Å². The van der Waals surface area contributed by atoms with Gasteiger partial charge in [0.2, 0.25) is 0 Å². The number of dihydropyridines is 1. The molecular formula is C26H34N2O5. The average Bonchev–Trinajstić information content (AvgIpc) is 2.77. The Morgan fingerprint density at radius 3 is 2.39 bits per heavy atom. The number of allylic oxidation sites excluding steroid dienone is 3. The van der Waals surface area contributed by atoms with Crippen molar-refractivity contribution in [3.63, 3.8) is 0 Å². The number of nitrogens with zero attached hydrogens (tertiary/aromatic N) is 1. The van der Waals surface area contributed by atoms with Crippen molar-refractivity contribution in [1.29, 1.82) is 0 Å². The summed E-state index contributed by atoms with van der Waals surface area (Å²) in [5.41, 5.74) is 4.08. The number of Topliss-reactive ketones (excluding diaryl/α,β-unsaturated/α-hetero) is 1. The highest BCUT2D eigenvalue weighted by Gasteiger charge is 2.47. The molecule has 1 aromatic rings. The zero-order chi connectivity index (χ0) is 24.4. The van der Waals surface area contributed by atoms with Crippen LogP contribution >= 0.6 is 0 Å². The maximum atomic E-state index is 13.7. The zero-order valence-corrected chi connectivity index (χ0v) is 20.5. The van der Waals surface area contributed by atoms with Gasteiger partial charge < -0.3 is 19.7 Å². The van der Waals surface area contributed by atoms with E-state index in [4.69, 9.17) is 9.47 Å². The number of rotatable bonds is 6. The Labute approximate surface area is 195 Å². The van der Waals surface area contributed by atoms with E-state index in [2.05, 4.69) is 5.32 Å². The summed E-state index contributed by atoms with van der Waals surface area (Å²) in [5.74, 6) is -3.04. The van der Waals surface area contributed by atoms with Crippen LogP contribution in [0.25, 0.3) is 0 Å². The molecule has 0 saturated carbocycles. The molecule has 2 aliphatic rings. The average molecular weight is 455 g/mol. The smallest absolute Gasteiger partial charge is 0.337 e. The fraction of sp³-hybridized carbons (Fsp3) is 0.500. The van der Waals surface area contributed by atoms with Gasteiger partial charge in [-0.2, -0.15) is 0 Å². The lowest BCUT2D eigenvalue weighted by molar-refractivity contribution is -0.151. The minimum absolute atomic E-state index is 0.214. The Balaban J connectivity index is 2.16. The van der Waals surface area contributed by atoms with Gasteiger partial charge in [0, 0.05) is 42.7 Å². The Kier molecular flexibility index (Phi) is 7.30. The van der Waals surface area contributed by atoms with Gasteiger partial charge in [-0.15, -0.1) is 0 Å². The van der Waals surface area contributed by atoms with E-state index in [0.717, 1.165) is 16.9 Å². The second-order valence-electron chi connectivity index (χ2n) is 9.15. The molecule has 0 aromatic heterocycles. The van der Waals surface area contributed by atoms with Crippen LogP contribution in [0.2, 0.25) is 0 Å². The van der Waals surface area contributed by atoms with Crippen molar-refractivity contribution in [2.24, 2.45) is 11.8 Å². The molecule has 0 bridgehead atoms. The molecule has 1 N–H and O–H groups in total. The predicted molar refractivity (Wildman–Crippen MR) is 127 cm³/mol. The zero-order valence-electron chi connectivity index (χ0n) is 20.5. The van der Waals surface area contributed by atoms with Gasteiger partial charge in [-0.3, -0.25) is 9.59 Å². The number of carbonyl (C=O) groups excluding carboxylic acids is 3. The van der Waals surface area contributed by atoms with Crippen LogP contribution < -0.4 is 10.2 Å². The molecule has 1 aromatic carbocycles. The van der Waals surface area contributed by atoms with Gasteiger partial charge in [-0.05, 0) is 50.3 Å². The summed E-state index contributed by atoms with van der Waals surface area (Å²) in [6.45, 7) is 7.50. The second-order valence-corrected chi connectivity index (χ2v) is 9.15. The van der Waals surface area contributed by atoms with E-state index in [9.17, 15) is 14.4 Å². The number of methoxy groups -OCH3 is 1. The number of hydrogen-bond acceptors (Lipinski definition) is 7.